The second-order valence-electron chi connectivity index (χ2n) is 10.7. The average molecular weight is 769 g/mol. The lowest BCUT2D eigenvalue weighted by Gasteiger charge is -2.19. The van der Waals surface area contributed by atoms with E-state index in [1.807, 2.05) is 13.8 Å². The van der Waals surface area contributed by atoms with Crippen molar-refractivity contribution < 1.29 is 18.9 Å². The summed E-state index contributed by atoms with van der Waals surface area (Å²) in [7, 11) is 1.71. The van der Waals surface area contributed by atoms with Gasteiger partial charge in [-0.05, 0) is 141 Å². The van der Waals surface area contributed by atoms with Crippen LogP contribution in [0.25, 0.3) is 32.3 Å². The van der Waals surface area contributed by atoms with E-state index in [0.29, 0.717) is 0 Å². The summed E-state index contributed by atoms with van der Waals surface area (Å²) in [5.74, 6) is 3.37. The summed E-state index contributed by atoms with van der Waals surface area (Å²) in [4.78, 5) is 0. The van der Waals surface area contributed by atoms with Crippen LogP contribution in [0.15, 0.2) is 36.4 Å². The molecule has 0 aromatic heterocycles. The van der Waals surface area contributed by atoms with E-state index in [1.54, 1.807) is 7.11 Å². The van der Waals surface area contributed by atoms with Crippen molar-refractivity contribution >= 4 is 77.5 Å². The first-order valence-corrected chi connectivity index (χ1v) is 16.9. The van der Waals surface area contributed by atoms with Gasteiger partial charge in [0, 0.05) is 0 Å². The standard InChI is InChI=1S/C34H42I2O4/c1-6-8-10-12-14-38-31-18-25-23(16-29(31)35)24-17-30(36)32(39-15-13-11-9-7-2)19-26(24)28-21-34(40-22(3)4)33(37-5)20-27(25)28/h16-22H,6-15H2,1-5H3. The summed E-state index contributed by atoms with van der Waals surface area (Å²) in [5.41, 5.74) is 0. The molecule has 0 bridgehead atoms. The maximum atomic E-state index is 6.32. The van der Waals surface area contributed by atoms with Crippen molar-refractivity contribution in [1.29, 1.82) is 0 Å². The lowest BCUT2D eigenvalue weighted by atomic mass is 9.93. The van der Waals surface area contributed by atoms with Crippen LogP contribution in [0.3, 0.4) is 0 Å². The van der Waals surface area contributed by atoms with Crippen LogP contribution < -0.4 is 18.9 Å². The van der Waals surface area contributed by atoms with Gasteiger partial charge in [-0.15, -0.1) is 0 Å². The van der Waals surface area contributed by atoms with Crippen molar-refractivity contribution in [2.45, 2.75) is 85.2 Å². The Kier molecular flexibility index (Phi) is 11.7. The van der Waals surface area contributed by atoms with Crippen molar-refractivity contribution in [2.24, 2.45) is 0 Å². The highest BCUT2D eigenvalue weighted by atomic mass is 127. The largest absolute Gasteiger partial charge is 0.493 e. The van der Waals surface area contributed by atoms with Crippen LogP contribution in [0, 0.1) is 7.14 Å². The minimum atomic E-state index is 0.0373. The smallest absolute Gasteiger partial charge is 0.162 e. The van der Waals surface area contributed by atoms with Crippen LogP contribution in [0.1, 0.15) is 79.1 Å². The summed E-state index contributed by atoms with van der Waals surface area (Å²) >= 11 is 4.83. The number of hydrogen-bond acceptors (Lipinski definition) is 4. The van der Waals surface area contributed by atoms with Gasteiger partial charge in [0.25, 0.3) is 0 Å². The molecule has 4 aromatic carbocycles. The molecule has 6 heteroatoms. The molecular weight excluding hydrogens is 726 g/mol. The van der Waals surface area contributed by atoms with Crippen LogP contribution >= 0.6 is 45.2 Å². The van der Waals surface area contributed by atoms with Crippen molar-refractivity contribution in [3.63, 3.8) is 0 Å². The molecular formula is C34H42I2O4. The van der Waals surface area contributed by atoms with Crippen molar-refractivity contribution in [1.82, 2.24) is 0 Å². The Hall–Kier alpha value is -1.68. The molecule has 0 aliphatic rings. The predicted octanol–water partition coefficient (Wildman–Crippen LogP) is 11.1. The first kappa shape index (κ1) is 31.3. The first-order valence-electron chi connectivity index (χ1n) is 14.7. The fourth-order valence-electron chi connectivity index (χ4n) is 5.15. The lowest BCUT2D eigenvalue weighted by molar-refractivity contribution is 0.230. The molecule has 0 radical (unpaired) electrons. The number of benzene rings is 4. The summed E-state index contributed by atoms with van der Waals surface area (Å²) in [5, 5.41) is 6.98. The maximum Gasteiger partial charge on any atom is 0.162 e. The molecule has 0 heterocycles. The quantitative estimate of drug-likeness (QED) is 0.0686. The van der Waals surface area contributed by atoms with E-state index in [2.05, 4.69) is 95.4 Å². The Morgan fingerprint density at radius 1 is 0.550 bits per heavy atom. The lowest BCUT2D eigenvalue weighted by Crippen LogP contribution is -2.06. The number of halogens is 2. The SMILES string of the molecule is CCCCCCOc1cc2c(cc1I)c1cc(I)c(OCCCCCC)cc1c1cc(OC(C)C)c(OC)cc21. The fraction of sp³-hybridized carbons (Fsp3) is 0.471. The van der Waals surface area contributed by atoms with Gasteiger partial charge in [-0.2, -0.15) is 0 Å². The molecule has 4 rings (SSSR count). The predicted molar refractivity (Wildman–Crippen MR) is 186 cm³/mol. The van der Waals surface area contributed by atoms with Gasteiger partial charge in [-0.3, -0.25) is 0 Å². The Bertz CT molecular complexity index is 1450. The van der Waals surface area contributed by atoms with Crippen LogP contribution in [0.2, 0.25) is 0 Å². The Morgan fingerprint density at radius 3 is 1.35 bits per heavy atom. The molecule has 0 aliphatic carbocycles. The van der Waals surface area contributed by atoms with Crippen molar-refractivity contribution in [3.05, 3.63) is 43.5 Å². The van der Waals surface area contributed by atoms with Crippen LogP contribution in [0.5, 0.6) is 23.0 Å². The van der Waals surface area contributed by atoms with E-state index >= 15 is 0 Å². The molecule has 4 aromatic rings. The van der Waals surface area contributed by atoms with Gasteiger partial charge in [0.2, 0.25) is 0 Å². The number of unbranched alkanes of at least 4 members (excludes halogenated alkanes) is 6. The van der Waals surface area contributed by atoms with E-state index in [4.69, 9.17) is 18.9 Å². The molecule has 0 unspecified atom stereocenters. The molecule has 0 fully saturated rings. The summed E-state index contributed by atoms with van der Waals surface area (Å²) in [6, 6.07) is 13.2. The van der Waals surface area contributed by atoms with E-state index in [1.165, 1.54) is 49.3 Å². The molecule has 0 N–H and O–H groups in total. The molecule has 40 heavy (non-hydrogen) atoms. The summed E-state index contributed by atoms with van der Waals surface area (Å²) < 4.78 is 26.9. The number of fused-ring (bicyclic) bond motifs is 6. The molecule has 0 aliphatic heterocycles. The molecule has 216 valence electrons. The molecule has 0 saturated carbocycles. The zero-order valence-electron chi connectivity index (χ0n) is 24.5. The molecule has 0 saturated heterocycles. The zero-order chi connectivity index (χ0) is 28.6. The third kappa shape index (κ3) is 7.39. The Labute approximate surface area is 266 Å². The number of hydrogen-bond donors (Lipinski definition) is 0. The number of rotatable bonds is 15. The first-order chi connectivity index (χ1) is 19.4. The number of ether oxygens (including phenoxy) is 4. The highest BCUT2D eigenvalue weighted by molar-refractivity contribution is 14.1. The monoisotopic (exact) mass is 768 g/mol. The zero-order valence-corrected chi connectivity index (χ0v) is 28.8. The maximum absolute atomic E-state index is 6.32. The fourth-order valence-corrected chi connectivity index (χ4v) is 6.40. The van der Waals surface area contributed by atoms with Gasteiger partial charge in [0.1, 0.15) is 11.5 Å². The highest BCUT2D eigenvalue weighted by Gasteiger charge is 2.18. The third-order valence-electron chi connectivity index (χ3n) is 7.19. The van der Waals surface area contributed by atoms with Crippen LogP contribution in [0.4, 0.5) is 0 Å². The third-order valence-corrected chi connectivity index (χ3v) is 8.88. The van der Waals surface area contributed by atoms with Gasteiger partial charge < -0.3 is 18.9 Å². The minimum Gasteiger partial charge on any atom is -0.493 e. The van der Waals surface area contributed by atoms with E-state index < -0.39 is 0 Å². The Morgan fingerprint density at radius 2 is 0.950 bits per heavy atom. The molecule has 4 nitrogen and oxygen atoms in total. The molecule has 0 atom stereocenters. The normalized spacial score (nSPS) is 11.6. The van der Waals surface area contributed by atoms with Gasteiger partial charge in [0.15, 0.2) is 11.5 Å². The summed E-state index contributed by atoms with van der Waals surface area (Å²) in [6.45, 7) is 10.0. The van der Waals surface area contributed by atoms with E-state index in [0.717, 1.165) is 77.7 Å². The topological polar surface area (TPSA) is 36.9 Å². The van der Waals surface area contributed by atoms with Crippen molar-refractivity contribution in [2.75, 3.05) is 20.3 Å². The molecule has 0 amide bonds. The van der Waals surface area contributed by atoms with Crippen LogP contribution in [-0.4, -0.2) is 26.4 Å². The molecule has 0 spiro atoms. The number of methoxy groups -OCH3 is 1. The summed E-state index contributed by atoms with van der Waals surface area (Å²) in [6.07, 6.45) is 9.53. The average Bonchev–Trinajstić information content (AvgIpc) is 2.93. The van der Waals surface area contributed by atoms with E-state index in [-0.39, 0.29) is 6.10 Å². The second-order valence-corrected chi connectivity index (χ2v) is 13.0. The van der Waals surface area contributed by atoms with Gasteiger partial charge >= 0.3 is 0 Å². The highest BCUT2D eigenvalue weighted by Crippen LogP contribution is 2.45. The van der Waals surface area contributed by atoms with Gasteiger partial charge in [-0.25, -0.2) is 0 Å². The van der Waals surface area contributed by atoms with Crippen molar-refractivity contribution in [3.8, 4) is 23.0 Å². The van der Waals surface area contributed by atoms with E-state index in [9.17, 15) is 0 Å². The van der Waals surface area contributed by atoms with Gasteiger partial charge in [-0.1, -0.05) is 52.4 Å². The van der Waals surface area contributed by atoms with Gasteiger partial charge in [0.05, 0.1) is 33.6 Å². The van der Waals surface area contributed by atoms with Crippen LogP contribution in [-0.2, 0) is 0 Å². The Balaban J connectivity index is 1.89. The second kappa shape index (κ2) is 15.0. The minimum absolute atomic E-state index is 0.0373.